The number of likely N-dealkylation sites (tertiary alicyclic amines) is 1. The summed E-state index contributed by atoms with van der Waals surface area (Å²) in [6.07, 6.45) is 5.97. The van der Waals surface area contributed by atoms with Crippen molar-refractivity contribution in [3.05, 3.63) is 40.8 Å². The molecule has 1 fully saturated rings. The van der Waals surface area contributed by atoms with E-state index in [4.69, 9.17) is 0 Å². The van der Waals surface area contributed by atoms with Gasteiger partial charge in [0.15, 0.2) is 0 Å². The fourth-order valence-electron chi connectivity index (χ4n) is 3.13. The first-order valence-electron chi connectivity index (χ1n) is 8.59. The van der Waals surface area contributed by atoms with Crippen LogP contribution in [-0.2, 0) is 6.54 Å². The molecule has 1 saturated heterocycles. The van der Waals surface area contributed by atoms with Crippen molar-refractivity contribution in [2.24, 2.45) is 0 Å². The van der Waals surface area contributed by atoms with Gasteiger partial charge in [0.2, 0.25) is 5.95 Å². The van der Waals surface area contributed by atoms with Gasteiger partial charge in [0.05, 0.1) is 5.69 Å². The van der Waals surface area contributed by atoms with Gasteiger partial charge in [-0.05, 0) is 47.0 Å². The van der Waals surface area contributed by atoms with Gasteiger partial charge in [0, 0.05) is 63.7 Å². The van der Waals surface area contributed by atoms with Gasteiger partial charge in [-0.25, -0.2) is 4.98 Å². The van der Waals surface area contributed by atoms with Gasteiger partial charge in [0.1, 0.15) is 5.82 Å². The van der Waals surface area contributed by atoms with Gasteiger partial charge in [0.25, 0.3) is 0 Å². The molecule has 0 radical (unpaired) electrons. The molecule has 0 saturated carbocycles. The molecule has 0 aromatic carbocycles. The highest BCUT2D eigenvalue weighted by Crippen LogP contribution is 2.22. The van der Waals surface area contributed by atoms with Gasteiger partial charge >= 0.3 is 0 Å². The number of hydrogen-bond acceptors (Lipinski definition) is 6. The Hall–Kier alpha value is -1.73. The SMILES string of the molecule is CN(C)c1nccc(N(C)C2CCN(Cc3ccc(Br)cn3)CC2)n1. The largest absolute Gasteiger partial charge is 0.356 e. The van der Waals surface area contributed by atoms with Crippen molar-refractivity contribution in [2.75, 3.05) is 44.0 Å². The normalized spacial score (nSPS) is 16.0. The van der Waals surface area contributed by atoms with E-state index >= 15 is 0 Å². The van der Waals surface area contributed by atoms with E-state index in [9.17, 15) is 0 Å². The van der Waals surface area contributed by atoms with Gasteiger partial charge in [-0.15, -0.1) is 0 Å². The summed E-state index contributed by atoms with van der Waals surface area (Å²) in [4.78, 5) is 20.1. The van der Waals surface area contributed by atoms with Crippen LogP contribution in [0.25, 0.3) is 0 Å². The van der Waals surface area contributed by atoms with Gasteiger partial charge < -0.3 is 9.80 Å². The van der Waals surface area contributed by atoms with Crippen LogP contribution in [0.3, 0.4) is 0 Å². The predicted octanol–water partition coefficient (Wildman–Crippen LogP) is 2.80. The molecule has 0 unspecified atom stereocenters. The average Bonchev–Trinajstić information content (AvgIpc) is 2.64. The number of rotatable bonds is 5. The third-order valence-electron chi connectivity index (χ3n) is 4.67. The van der Waals surface area contributed by atoms with E-state index in [0.29, 0.717) is 6.04 Å². The molecule has 3 heterocycles. The minimum atomic E-state index is 0.513. The molecule has 6 nitrogen and oxygen atoms in total. The van der Waals surface area contributed by atoms with E-state index in [1.807, 2.05) is 37.5 Å². The summed E-state index contributed by atoms with van der Waals surface area (Å²) in [5.41, 5.74) is 1.13. The summed E-state index contributed by atoms with van der Waals surface area (Å²) in [6.45, 7) is 3.08. The van der Waals surface area contributed by atoms with Crippen LogP contribution in [0.4, 0.5) is 11.8 Å². The van der Waals surface area contributed by atoms with Crippen LogP contribution in [0.2, 0.25) is 0 Å². The van der Waals surface area contributed by atoms with Crippen LogP contribution in [0, 0.1) is 0 Å². The van der Waals surface area contributed by atoms with E-state index in [1.54, 1.807) is 0 Å². The summed E-state index contributed by atoms with van der Waals surface area (Å²) in [7, 11) is 6.07. The fraction of sp³-hybridized carbons (Fsp3) is 0.500. The Labute approximate surface area is 158 Å². The highest BCUT2D eigenvalue weighted by atomic mass is 79.9. The van der Waals surface area contributed by atoms with E-state index in [2.05, 4.69) is 59.9 Å². The molecule has 1 aliphatic heterocycles. The Kier molecular flexibility index (Phi) is 5.86. The lowest BCUT2D eigenvalue weighted by Gasteiger charge is -2.37. The number of anilines is 2. The smallest absolute Gasteiger partial charge is 0.226 e. The fourth-order valence-corrected chi connectivity index (χ4v) is 3.37. The average molecular weight is 405 g/mol. The second-order valence-corrected chi connectivity index (χ2v) is 7.61. The van der Waals surface area contributed by atoms with Gasteiger partial charge in [-0.3, -0.25) is 9.88 Å². The molecule has 0 atom stereocenters. The molecule has 2 aromatic rings. The molecular formula is C18H25BrN6. The van der Waals surface area contributed by atoms with Crippen molar-refractivity contribution < 1.29 is 0 Å². The second kappa shape index (κ2) is 8.10. The monoisotopic (exact) mass is 404 g/mol. The predicted molar refractivity (Wildman–Crippen MR) is 105 cm³/mol. The molecule has 0 bridgehead atoms. The van der Waals surface area contributed by atoms with E-state index in [-0.39, 0.29) is 0 Å². The van der Waals surface area contributed by atoms with Crippen LogP contribution >= 0.6 is 15.9 Å². The van der Waals surface area contributed by atoms with Crippen molar-refractivity contribution in [3.63, 3.8) is 0 Å². The Morgan fingerprint density at radius 1 is 1.12 bits per heavy atom. The molecule has 134 valence electrons. The zero-order valence-electron chi connectivity index (χ0n) is 15.1. The van der Waals surface area contributed by atoms with Crippen molar-refractivity contribution >= 4 is 27.7 Å². The minimum absolute atomic E-state index is 0.513. The highest BCUT2D eigenvalue weighted by molar-refractivity contribution is 9.10. The van der Waals surface area contributed by atoms with Crippen molar-refractivity contribution in [1.29, 1.82) is 0 Å². The zero-order valence-corrected chi connectivity index (χ0v) is 16.6. The van der Waals surface area contributed by atoms with Crippen LogP contribution in [0.1, 0.15) is 18.5 Å². The first-order valence-corrected chi connectivity index (χ1v) is 9.38. The minimum Gasteiger partial charge on any atom is -0.356 e. The highest BCUT2D eigenvalue weighted by Gasteiger charge is 2.23. The Morgan fingerprint density at radius 2 is 1.88 bits per heavy atom. The Bertz CT molecular complexity index is 682. The molecular weight excluding hydrogens is 380 g/mol. The van der Waals surface area contributed by atoms with Crippen LogP contribution < -0.4 is 9.80 Å². The van der Waals surface area contributed by atoms with Crippen molar-refractivity contribution in [2.45, 2.75) is 25.4 Å². The standard InChI is InChI=1S/C18H25BrN6/c1-23(2)18-20-9-6-17(22-18)24(3)16-7-10-25(11-8-16)13-15-5-4-14(19)12-21-15/h4-6,9,12,16H,7-8,10-11,13H2,1-3H3. The van der Waals surface area contributed by atoms with Gasteiger partial charge in [-0.2, -0.15) is 4.98 Å². The summed E-state index contributed by atoms with van der Waals surface area (Å²) in [6, 6.07) is 6.65. The van der Waals surface area contributed by atoms with Crippen LogP contribution in [0.15, 0.2) is 35.1 Å². The maximum Gasteiger partial charge on any atom is 0.226 e. The topological polar surface area (TPSA) is 48.4 Å². The summed E-state index contributed by atoms with van der Waals surface area (Å²) in [5, 5.41) is 0. The first-order chi connectivity index (χ1) is 12.0. The molecule has 2 aromatic heterocycles. The summed E-state index contributed by atoms with van der Waals surface area (Å²) >= 11 is 3.44. The van der Waals surface area contributed by atoms with Crippen LogP contribution in [0.5, 0.6) is 0 Å². The molecule has 25 heavy (non-hydrogen) atoms. The van der Waals surface area contributed by atoms with E-state index in [0.717, 1.165) is 54.4 Å². The number of piperidine rings is 1. The molecule has 3 rings (SSSR count). The van der Waals surface area contributed by atoms with E-state index < -0.39 is 0 Å². The van der Waals surface area contributed by atoms with Crippen molar-refractivity contribution in [3.8, 4) is 0 Å². The van der Waals surface area contributed by atoms with Gasteiger partial charge in [-0.1, -0.05) is 0 Å². The number of nitrogens with zero attached hydrogens (tertiary/aromatic N) is 6. The quantitative estimate of drug-likeness (QED) is 0.763. The molecule has 0 spiro atoms. The molecule has 0 N–H and O–H groups in total. The molecule has 7 heteroatoms. The molecule has 0 aliphatic carbocycles. The molecule has 0 amide bonds. The Balaban J connectivity index is 1.56. The van der Waals surface area contributed by atoms with Crippen molar-refractivity contribution in [1.82, 2.24) is 19.9 Å². The maximum atomic E-state index is 4.66. The number of pyridine rings is 1. The maximum absolute atomic E-state index is 4.66. The lowest BCUT2D eigenvalue weighted by molar-refractivity contribution is 0.201. The third kappa shape index (κ3) is 4.67. The number of hydrogen-bond donors (Lipinski definition) is 0. The number of halogens is 1. The second-order valence-electron chi connectivity index (χ2n) is 6.70. The Morgan fingerprint density at radius 3 is 2.52 bits per heavy atom. The summed E-state index contributed by atoms with van der Waals surface area (Å²) < 4.78 is 1.03. The first kappa shape index (κ1) is 18.1. The third-order valence-corrected chi connectivity index (χ3v) is 5.14. The summed E-state index contributed by atoms with van der Waals surface area (Å²) in [5.74, 6) is 1.75. The zero-order chi connectivity index (χ0) is 17.8. The van der Waals surface area contributed by atoms with Crippen LogP contribution in [-0.4, -0.2) is 60.1 Å². The lowest BCUT2D eigenvalue weighted by atomic mass is 10.0. The lowest BCUT2D eigenvalue weighted by Crippen LogP contribution is -2.43. The molecule has 1 aliphatic rings. The number of aromatic nitrogens is 3. The van der Waals surface area contributed by atoms with E-state index in [1.165, 1.54) is 0 Å².